The van der Waals surface area contributed by atoms with Gasteiger partial charge in [-0.1, -0.05) is 0 Å². The molecule has 1 amide bonds. The van der Waals surface area contributed by atoms with Gasteiger partial charge in [-0.3, -0.25) is 19.1 Å². The molecule has 0 bridgehead atoms. The SMILES string of the molecule is Cc1cc(CN2CCCC(C(=O)N(C)C)(n3cccn3)C2)n(C)n1. The van der Waals surface area contributed by atoms with Gasteiger partial charge in [0.2, 0.25) is 0 Å². The monoisotopic (exact) mass is 330 g/mol. The number of aryl methyl sites for hydroxylation is 2. The Kier molecular flexibility index (Phi) is 4.45. The first-order valence-corrected chi connectivity index (χ1v) is 8.36. The molecule has 0 aromatic carbocycles. The minimum Gasteiger partial charge on any atom is -0.347 e. The lowest BCUT2D eigenvalue weighted by Crippen LogP contribution is -2.58. The average Bonchev–Trinajstić information content (AvgIpc) is 3.17. The zero-order chi connectivity index (χ0) is 17.3. The second-order valence-electron chi connectivity index (χ2n) is 6.90. The van der Waals surface area contributed by atoms with E-state index in [2.05, 4.69) is 21.2 Å². The highest BCUT2D eigenvalue weighted by atomic mass is 16.2. The van der Waals surface area contributed by atoms with Crippen LogP contribution in [0.1, 0.15) is 24.2 Å². The first kappa shape index (κ1) is 16.7. The number of rotatable bonds is 4. The molecule has 24 heavy (non-hydrogen) atoms. The molecule has 0 radical (unpaired) electrons. The van der Waals surface area contributed by atoms with Crippen molar-refractivity contribution in [3.8, 4) is 0 Å². The fraction of sp³-hybridized carbons (Fsp3) is 0.588. The van der Waals surface area contributed by atoms with E-state index in [4.69, 9.17) is 0 Å². The van der Waals surface area contributed by atoms with Crippen molar-refractivity contribution in [2.24, 2.45) is 7.05 Å². The Morgan fingerprint density at radius 3 is 2.79 bits per heavy atom. The van der Waals surface area contributed by atoms with Gasteiger partial charge in [-0.2, -0.15) is 10.2 Å². The third-order valence-electron chi connectivity index (χ3n) is 4.78. The smallest absolute Gasteiger partial charge is 0.251 e. The number of amides is 1. The molecule has 0 spiro atoms. The van der Waals surface area contributed by atoms with E-state index in [0.29, 0.717) is 6.54 Å². The largest absolute Gasteiger partial charge is 0.347 e. The fourth-order valence-electron chi connectivity index (χ4n) is 3.70. The van der Waals surface area contributed by atoms with Crippen molar-refractivity contribution in [2.75, 3.05) is 27.2 Å². The lowest BCUT2D eigenvalue weighted by molar-refractivity contribution is -0.142. The minimum atomic E-state index is -0.626. The molecule has 1 aliphatic heterocycles. The molecule has 0 aliphatic carbocycles. The molecule has 1 aliphatic rings. The highest BCUT2D eigenvalue weighted by molar-refractivity contribution is 5.84. The molecule has 7 heteroatoms. The van der Waals surface area contributed by atoms with Crippen LogP contribution in [0.4, 0.5) is 0 Å². The molecule has 3 heterocycles. The number of likely N-dealkylation sites (N-methyl/N-ethyl adjacent to an activating group) is 1. The Labute approximate surface area is 142 Å². The van der Waals surface area contributed by atoms with Crippen LogP contribution < -0.4 is 0 Å². The second-order valence-corrected chi connectivity index (χ2v) is 6.90. The fourth-order valence-corrected chi connectivity index (χ4v) is 3.70. The summed E-state index contributed by atoms with van der Waals surface area (Å²) in [5, 5.41) is 8.83. The Morgan fingerprint density at radius 2 is 2.21 bits per heavy atom. The summed E-state index contributed by atoms with van der Waals surface area (Å²) in [7, 11) is 5.60. The molecule has 130 valence electrons. The number of carbonyl (C=O) groups excluding carboxylic acids is 1. The van der Waals surface area contributed by atoms with Crippen LogP contribution in [0.15, 0.2) is 24.5 Å². The number of nitrogens with zero attached hydrogens (tertiary/aromatic N) is 6. The van der Waals surface area contributed by atoms with Gasteiger partial charge in [0.15, 0.2) is 5.54 Å². The van der Waals surface area contributed by atoms with Crippen molar-refractivity contribution in [2.45, 2.75) is 31.8 Å². The summed E-state index contributed by atoms with van der Waals surface area (Å²) in [5.41, 5.74) is 1.56. The van der Waals surface area contributed by atoms with E-state index in [1.54, 1.807) is 11.1 Å². The summed E-state index contributed by atoms with van der Waals surface area (Å²) >= 11 is 0. The quantitative estimate of drug-likeness (QED) is 0.839. The van der Waals surface area contributed by atoms with E-state index in [9.17, 15) is 4.79 Å². The molecular weight excluding hydrogens is 304 g/mol. The average molecular weight is 330 g/mol. The van der Waals surface area contributed by atoms with Crippen LogP contribution in [0.5, 0.6) is 0 Å². The van der Waals surface area contributed by atoms with E-state index >= 15 is 0 Å². The van der Waals surface area contributed by atoms with E-state index in [1.807, 2.05) is 49.7 Å². The molecule has 3 rings (SSSR count). The zero-order valence-corrected chi connectivity index (χ0v) is 14.9. The summed E-state index contributed by atoms with van der Waals surface area (Å²) in [6.07, 6.45) is 5.43. The molecule has 1 saturated heterocycles. The molecule has 1 atom stereocenters. The number of likely N-dealkylation sites (tertiary alicyclic amines) is 1. The summed E-state index contributed by atoms with van der Waals surface area (Å²) in [4.78, 5) is 17.0. The van der Waals surface area contributed by atoms with Gasteiger partial charge in [-0.05, 0) is 38.4 Å². The minimum absolute atomic E-state index is 0.108. The van der Waals surface area contributed by atoms with Crippen molar-refractivity contribution in [3.05, 3.63) is 35.9 Å². The molecule has 1 fully saturated rings. The van der Waals surface area contributed by atoms with Crippen molar-refractivity contribution in [1.82, 2.24) is 29.4 Å². The van der Waals surface area contributed by atoms with Gasteiger partial charge in [0.05, 0.1) is 11.4 Å². The van der Waals surface area contributed by atoms with Gasteiger partial charge < -0.3 is 4.90 Å². The lowest BCUT2D eigenvalue weighted by atomic mass is 9.87. The van der Waals surface area contributed by atoms with Crippen molar-refractivity contribution < 1.29 is 4.79 Å². The number of hydrogen-bond acceptors (Lipinski definition) is 4. The van der Waals surface area contributed by atoms with Gasteiger partial charge in [-0.25, -0.2) is 0 Å². The summed E-state index contributed by atoms with van der Waals surface area (Å²) in [5.74, 6) is 0.108. The van der Waals surface area contributed by atoms with Gasteiger partial charge in [0.25, 0.3) is 5.91 Å². The summed E-state index contributed by atoms with van der Waals surface area (Å²) in [6.45, 7) is 4.44. The topological polar surface area (TPSA) is 59.2 Å². The van der Waals surface area contributed by atoms with Crippen LogP contribution in [0.25, 0.3) is 0 Å². The van der Waals surface area contributed by atoms with Crippen molar-refractivity contribution in [1.29, 1.82) is 0 Å². The van der Waals surface area contributed by atoms with Gasteiger partial charge in [-0.15, -0.1) is 0 Å². The Balaban J connectivity index is 1.88. The molecule has 0 N–H and O–H groups in total. The number of hydrogen-bond donors (Lipinski definition) is 0. The maximum atomic E-state index is 13.0. The molecule has 2 aromatic heterocycles. The first-order valence-electron chi connectivity index (χ1n) is 8.36. The predicted octanol–water partition coefficient (Wildman–Crippen LogP) is 1.00. The molecule has 1 unspecified atom stereocenters. The summed E-state index contributed by atoms with van der Waals surface area (Å²) < 4.78 is 3.77. The molecule has 2 aromatic rings. The Morgan fingerprint density at radius 1 is 1.42 bits per heavy atom. The van der Waals surface area contributed by atoms with Crippen LogP contribution in [0.2, 0.25) is 0 Å². The molecular formula is C17H26N6O. The van der Waals surface area contributed by atoms with Crippen LogP contribution in [0, 0.1) is 6.92 Å². The van der Waals surface area contributed by atoms with Gasteiger partial charge in [0.1, 0.15) is 0 Å². The first-order chi connectivity index (χ1) is 11.4. The van der Waals surface area contributed by atoms with E-state index in [-0.39, 0.29) is 5.91 Å². The Hall–Kier alpha value is -2.15. The molecule has 0 saturated carbocycles. The second kappa shape index (κ2) is 6.39. The van der Waals surface area contributed by atoms with Crippen LogP contribution in [0.3, 0.4) is 0 Å². The maximum Gasteiger partial charge on any atom is 0.251 e. The Bertz CT molecular complexity index is 705. The molecule has 7 nitrogen and oxygen atoms in total. The number of aromatic nitrogens is 4. The highest BCUT2D eigenvalue weighted by Crippen LogP contribution is 2.31. The lowest BCUT2D eigenvalue weighted by Gasteiger charge is -2.42. The third kappa shape index (κ3) is 2.96. The van der Waals surface area contributed by atoms with Crippen LogP contribution in [-0.4, -0.2) is 62.5 Å². The van der Waals surface area contributed by atoms with Gasteiger partial charge >= 0.3 is 0 Å². The van der Waals surface area contributed by atoms with E-state index < -0.39 is 5.54 Å². The highest BCUT2D eigenvalue weighted by Gasteiger charge is 2.45. The standard InChI is InChI=1S/C17H26N6O/c1-14-11-15(21(4)19-14)12-22-9-5-7-17(13-22,16(24)20(2)3)23-10-6-8-18-23/h6,8,10-11H,5,7,9,12-13H2,1-4H3. The number of carbonyl (C=O) groups is 1. The van der Waals surface area contributed by atoms with E-state index in [0.717, 1.165) is 31.6 Å². The zero-order valence-electron chi connectivity index (χ0n) is 14.9. The van der Waals surface area contributed by atoms with Crippen LogP contribution in [-0.2, 0) is 23.9 Å². The van der Waals surface area contributed by atoms with Crippen LogP contribution >= 0.6 is 0 Å². The maximum absolute atomic E-state index is 13.0. The van der Waals surface area contributed by atoms with Crippen molar-refractivity contribution in [3.63, 3.8) is 0 Å². The van der Waals surface area contributed by atoms with E-state index in [1.165, 1.54) is 5.69 Å². The number of piperidine rings is 1. The normalized spacial score (nSPS) is 21.8. The van der Waals surface area contributed by atoms with Crippen molar-refractivity contribution >= 4 is 5.91 Å². The van der Waals surface area contributed by atoms with Gasteiger partial charge in [0, 0.05) is 46.6 Å². The summed E-state index contributed by atoms with van der Waals surface area (Å²) in [6, 6.07) is 3.99. The predicted molar refractivity (Wildman–Crippen MR) is 91.4 cm³/mol. The third-order valence-corrected chi connectivity index (χ3v) is 4.78.